The summed E-state index contributed by atoms with van der Waals surface area (Å²) in [5.41, 5.74) is 1.25. The third kappa shape index (κ3) is 2.91. The molecule has 0 aliphatic carbocycles. The van der Waals surface area contributed by atoms with E-state index in [9.17, 15) is 0 Å². The van der Waals surface area contributed by atoms with E-state index in [0.29, 0.717) is 10.8 Å². The quantitative estimate of drug-likeness (QED) is 0.808. The predicted octanol–water partition coefficient (Wildman–Crippen LogP) is 3.28. The number of nitrogens with one attached hydrogen (secondary N) is 1. The first-order valence-electron chi connectivity index (χ1n) is 8.11. The minimum atomic E-state index is 0.582. The summed E-state index contributed by atoms with van der Waals surface area (Å²) in [5, 5.41) is 3.57. The van der Waals surface area contributed by atoms with Crippen LogP contribution in [0.25, 0.3) is 0 Å². The van der Waals surface area contributed by atoms with Crippen LogP contribution >= 0.6 is 0 Å². The predicted molar refractivity (Wildman–Crippen MR) is 78.9 cm³/mol. The van der Waals surface area contributed by atoms with Crippen LogP contribution in [-0.4, -0.2) is 37.6 Å². The molecule has 0 aromatic heterocycles. The molecule has 0 radical (unpaired) electrons. The number of hydrogen-bond acceptors (Lipinski definition) is 2. The maximum Gasteiger partial charge on any atom is 0.00505 e. The maximum absolute atomic E-state index is 3.57. The van der Waals surface area contributed by atoms with E-state index in [1.807, 2.05) is 0 Å². The van der Waals surface area contributed by atoms with Gasteiger partial charge in [-0.15, -0.1) is 0 Å². The zero-order chi connectivity index (χ0) is 13.1. The number of rotatable bonds is 5. The zero-order valence-electron chi connectivity index (χ0n) is 12.7. The molecule has 0 spiro atoms. The van der Waals surface area contributed by atoms with Crippen LogP contribution in [0.1, 0.15) is 59.3 Å². The second-order valence-corrected chi connectivity index (χ2v) is 6.76. The van der Waals surface area contributed by atoms with Gasteiger partial charge in [-0.05, 0) is 56.1 Å². The average molecular weight is 252 g/mol. The van der Waals surface area contributed by atoms with Gasteiger partial charge in [0.15, 0.2) is 0 Å². The van der Waals surface area contributed by atoms with Gasteiger partial charge in [0, 0.05) is 13.1 Å². The molecular weight excluding hydrogens is 220 g/mol. The minimum Gasteiger partial charge on any atom is -0.316 e. The molecule has 2 aliphatic heterocycles. The van der Waals surface area contributed by atoms with Crippen molar-refractivity contribution in [1.82, 2.24) is 10.2 Å². The van der Waals surface area contributed by atoms with Gasteiger partial charge in [0.1, 0.15) is 0 Å². The van der Waals surface area contributed by atoms with Crippen molar-refractivity contribution in [2.75, 3.05) is 32.7 Å². The number of likely N-dealkylation sites (tertiary alicyclic amines) is 1. The standard InChI is InChI=1S/C16H32N2/c1-4-15(5-2)8-11-18(12-9-15)14-16(6-3)7-10-17-13-16/h17H,4-14H2,1-3H3. The van der Waals surface area contributed by atoms with Gasteiger partial charge in [-0.25, -0.2) is 0 Å². The lowest BCUT2D eigenvalue weighted by Crippen LogP contribution is -2.45. The molecule has 1 unspecified atom stereocenters. The van der Waals surface area contributed by atoms with E-state index in [4.69, 9.17) is 0 Å². The molecule has 0 aromatic carbocycles. The molecule has 0 bridgehead atoms. The Hall–Kier alpha value is -0.0800. The Labute approximate surface area is 114 Å². The first-order chi connectivity index (χ1) is 8.67. The molecule has 2 heterocycles. The third-order valence-electron chi connectivity index (χ3n) is 6.06. The van der Waals surface area contributed by atoms with E-state index in [1.165, 1.54) is 71.2 Å². The van der Waals surface area contributed by atoms with Crippen LogP contribution < -0.4 is 5.32 Å². The van der Waals surface area contributed by atoms with Crippen molar-refractivity contribution in [2.45, 2.75) is 59.3 Å². The van der Waals surface area contributed by atoms with E-state index < -0.39 is 0 Å². The summed E-state index contributed by atoms with van der Waals surface area (Å²) in [7, 11) is 0. The number of piperidine rings is 1. The van der Waals surface area contributed by atoms with Crippen LogP contribution in [0.3, 0.4) is 0 Å². The van der Waals surface area contributed by atoms with Gasteiger partial charge in [-0.3, -0.25) is 0 Å². The van der Waals surface area contributed by atoms with Gasteiger partial charge in [0.25, 0.3) is 0 Å². The molecule has 2 fully saturated rings. The Balaban J connectivity index is 1.86. The largest absolute Gasteiger partial charge is 0.316 e. The van der Waals surface area contributed by atoms with Gasteiger partial charge in [-0.1, -0.05) is 33.6 Å². The fourth-order valence-electron chi connectivity index (χ4n) is 3.96. The number of nitrogens with zero attached hydrogens (tertiary/aromatic N) is 1. The highest BCUT2D eigenvalue weighted by molar-refractivity contribution is 4.92. The first kappa shape index (κ1) is 14.3. The third-order valence-corrected chi connectivity index (χ3v) is 6.06. The zero-order valence-corrected chi connectivity index (χ0v) is 12.7. The van der Waals surface area contributed by atoms with Crippen LogP contribution in [0.15, 0.2) is 0 Å². The molecule has 2 aliphatic rings. The van der Waals surface area contributed by atoms with E-state index in [1.54, 1.807) is 0 Å². The van der Waals surface area contributed by atoms with Gasteiger partial charge in [0.05, 0.1) is 0 Å². The van der Waals surface area contributed by atoms with Crippen molar-refractivity contribution in [1.29, 1.82) is 0 Å². The Kier molecular flexibility index (Phi) is 4.71. The second kappa shape index (κ2) is 5.92. The number of hydrogen-bond donors (Lipinski definition) is 1. The molecule has 0 amide bonds. The molecule has 2 nitrogen and oxygen atoms in total. The molecule has 106 valence electrons. The monoisotopic (exact) mass is 252 g/mol. The first-order valence-corrected chi connectivity index (χ1v) is 8.11. The Morgan fingerprint density at radius 3 is 1.94 bits per heavy atom. The van der Waals surface area contributed by atoms with Gasteiger partial charge in [-0.2, -0.15) is 0 Å². The molecule has 1 N–H and O–H groups in total. The van der Waals surface area contributed by atoms with Crippen LogP contribution in [0.4, 0.5) is 0 Å². The summed E-state index contributed by atoms with van der Waals surface area (Å²) < 4.78 is 0. The Morgan fingerprint density at radius 2 is 1.50 bits per heavy atom. The maximum atomic E-state index is 3.57. The SMILES string of the molecule is CCC1(CC)CCN(CC2(CC)CCNC2)CC1. The fourth-order valence-corrected chi connectivity index (χ4v) is 3.96. The fraction of sp³-hybridized carbons (Fsp3) is 1.00. The lowest BCUT2D eigenvalue weighted by Gasteiger charge is -2.44. The molecule has 2 heteroatoms. The van der Waals surface area contributed by atoms with Crippen LogP contribution in [0, 0.1) is 10.8 Å². The van der Waals surface area contributed by atoms with Crippen molar-refractivity contribution >= 4 is 0 Å². The molecule has 2 rings (SSSR count). The average Bonchev–Trinajstić information content (AvgIpc) is 2.89. The summed E-state index contributed by atoms with van der Waals surface area (Å²) in [5.74, 6) is 0. The molecular formula is C16H32N2. The van der Waals surface area contributed by atoms with E-state index in [-0.39, 0.29) is 0 Å². The molecule has 18 heavy (non-hydrogen) atoms. The van der Waals surface area contributed by atoms with Crippen molar-refractivity contribution in [3.63, 3.8) is 0 Å². The van der Waals surface area contributed by atoms with E-state index >= 15 is 0 Å². The Bertz CT molecular complexity index is 242. The van der Waals surface area contributed by atoms with Crippen LogP contribution in [0.2, 0.25) is 0 Å². The summed E-state index contributed by atoms with van der Waals surface area (Å²) in [6.07, 6.45) is 8.31. The molecule has 1 atom stereocenters. The summed E-state index contributed by atoms with van der Waals surface area (Å²) >= 11 is 0. The van der Waals surface area contributed by atoms with Crippen molar-refractivity contribution in [3.8, 4) is 0 Å². The van der Waals surface area contributed by atoms with Crippen molar-refractivity contribution in [3.05, 3.63) is 0 Å². The molecule has 2 saturated heterocycles. The summed E-state index contributed by atoms with van der Waals surface area (Å²) in [4.78, 5) is 2.75. The van der Waals surface area contributed by atoms with Crippen LogP contribution in [0.5, 0.6) is 0 Å². The van der Waals surface area contributed by atoms with Crippen molar-refractivity contribution < 1.29 is 0 Å². The van der Waals surface area contributed by atoms with E-state index in [2.05, 4.69) is 31.0 Å². The van der Waals surface area contributed by atoms with Crippen LogP contribution in [-0.2, 0) is 0 Å². The van der Waals surface area contributed by atoms with E-state index in [0.717, 1.165) is 0 Å². The second-order valence-electron chi connectivity index (χ2n) is 6.76. The lowest BCUT2D eigenvalue weighted by atomic mass is 9.73. The smallest absolute Gasteiger partial charge is 0.00505 e. The molecule has 0 aromatic rings. The molecule has 0 saturated carbocycles. The topological polar surface area (TPSA) is 15.3 Å². The highest BCUT2D eigenvalue weighted by atomic mass is 15.1. The summed E-state index contributed by atoms with van der Waals surface area (Å²) in [6, 6.07) is 0. The van der Waals surface area contributed by atoms with Gasteiger partial charge >= 0.3 is 0 Å². The lowest BCUT2D eigenvalue weighted by molar-refractivity contribution is 0.0634. The highest BCUT2D eigenvalue weighted by Gasteiger charge is 2.37. The summed E-state index contributed by atoms with van der Waals surface area (Å²) in [6.45, 7) is 13.6. The van der Waals surface area contributed by atoms with Gasteiger partial charge < -0.3 is 10.2 Å². The Morgan fingerprint density at radius 1 is 0.889 bits per heavy atom. The minimum absolute atomic E-state index is 0.582. The van der Waals surface area contributed by atoms with Crippen molar-refractivity contribution in [2.24, 2.45) is 10.8 Å². The van der Waals surface area contributed by atoms with Gasteiger partial charge in [0.2, 0.25) is 0 Å². The highest BCUT2D eigenvalue weighted by Crippen LogP contribution is 2.39. The normalized spacial score (nSPS) is 32.8.